The van der Waals surface area contributed by atoms with Crippen molar-refractivity contribution in [3.63, 3.8) is 0 Å². The summed E-state index contributed by atoms with van der Waals surface area (Å²) in [5.41, 5.74) is 1.67. The largest absolute Gasteiger partial charge is 0.411 e. The Labute approximate surface area is 159 Å². The molecule has 0 radical (unpaired) electrons. The Hall–Kier alpha value is -2.52. The van der Waals surface area contributed by atoms with Gasteiger partial charge in [0.15, 0.2) is 5.69 Å². The summed E-state index contributed by atoms with van der Waals surface area (Å²) in [6.45, 7) is 2.34. The van der Waals surface area contributed by atoms with E-state index in [9.17, 15) is 14.4 Å². The number of carbonyl (C=O) groups excluding carboxylic acids is 1. The van der Waals surface area contributed by atoms with Gasteiger partial charge in [-0.05, 0) is 29.3 Å². The van der Waals surface area contributed by atoms with E-state index in [4.69, 9.17) is 16.2 Å². The second-order valence-corrected chi connectivity index (χ2v) is 6.60. The van der Waals surface area contributed by atoms with Crippen LogP contribution in [0, 0.1) is 5.82 Å². The quantitative estimate of drug-likeness (QED) is 0.306. The smallest absolute Gasteiger partial charge is 0.222 e. The lowest BCUT2D eigenvalue weighted by Gasteiger charge is -2.15. The lowest BCUT2D eigenvalue weighted by Crippen LogP contribution is -2.33. The van der Waals surface area contributed by atoms with Gasteiger partial charge >= 0.3 is 0 Å². The van der Waals surface area contributed by atoms with Crippen molar-refractivity contribution in [1.29, 1.82) is 0 Å². The summed E-state index contributed by atoms with van der Waals surface area (Å²) in [6.07, 6.45) is 1.70. The van der Waals surface area contributed by atoms with Crippen LogP contribution in [-0.4, -0.2) is 51.7 Å². The van der Waals surface area contributed by atoms with Gasteiger partial charge in [-0.2, -0.15) is 0 Å². The van der Waals surface area contributed by atoms with Crippen LogP contribution in [0.3, 0.4) is 0 Å². The number of rotatable bonds is 8. The van der Waals surface area contributed by atoms with E-state index in [-0.39, 0.29) is 23.1 Å². The third kappa shape index (κ3) is 4.81. The number of benzene rings is 1. The number of likely N-dealkylation sites (tertiary alicyclic amines) is 1. The first-order valence-electron chi connectivity index (χ1n) is 8.53. The summed E-state index contributed by atoms with van der Waals surface area (Å²) in [5, 5.41) is 23.4. The van der Waals surface area contributed by atoms with Gasteiger partial charge in [-0.25, -0.2) is 9.02 Å². The first kappa shape index (κ1) is 19.2. The average molecular weight is 396 g/mol. The van der Waals surface area contributed by atoms with Crippen LogP contribution in [-0.2, 0) is 17.8 Å². The Morgan fingerprint density at radius 1 is 1.44 bits per heavy atom. The Balaban J connectivity index is 1.58. The fourth-order valence-electron chi connectivity index (χ4n) is 2.91. The molecule has 2 N–H and O–H groups in total. The van der Waals surface area contributed by atoms with Crippen molar-refractivity contribution in [3.8, 4) is 0 Å². The maximum Gasteiger partial charge on any atom is 0.222 e. The van der Waals surface area contributed by atoms with Crippen LogP contribution in [0.5, 0.6) is 0 Å². The molecule has 2 heterocycles. The van der Waals surface area contributed by atoms with Gasteiger partial charge in [0.1, 0.15) is 17.2 Å². The van der Waals surface area contributed by atoms with Crippen LogP contribution in [0.2, 0.25) is 5.02 Å². The molecule has 0 bridgehead atoms. The minimum atomic E-state index is -0.521. The zero-order valence-corrected chi connectivity index (χ0v) is 15.2. The predicted molar refractivity (Wildman–Crippen MR) is 95.3 cm³/mol. The highest BCUT2D eigenvalue weighted by Crippen LogP contribution is 2.18. The van der Waals surface area contributed by atoms with Crippen molar-refractivity contribution in [2.75, 3.05) is 19.6 Å². The monoisotopic (exact) mass is 395 g/mol. The van der Waals surface area contributed by atoms with E-state index in [0.717, 1.165) is 13.0 Å². The molecule has 8 nitrogen and oxygen atoms in total. The van der Waals surface area contributed by atoms with Crippen molar-refractivity contribution in [2.24, 2.45) is 5.16 Å². The van der Waals surface area contributed by atoms with Gasteiger partial charge in [0.05, 0.1) is 5.02 Å². The van der Waals surface area contributed by atoms with Gasteiger partial charge in [0.25, 0.3) is 0 Å². The maximum absolute atomic E-state index is 13.3. The minimum Gasteiger partial charge on any atom is -0.411 e. The van der Waals surface area contributed by atoms with Gasteiger partial charge in [-0.15, -0.1) is 0 Å². The van der Waals surface area contributed by atoms with Crippen LogP contribution in [0.15, 0.2) is 28.0 Å². The number of amides is 1. The molecule has 10 heteroatoms. The number of aromatic nitrogens is 2. The van der Waals surface area contributed by atoms with Crippen molar-refractivity contribution >= 4 is 23.2 Å². The van der Waals surface area contributed by atoms with Crippen LogP contribution in [0.4, 0.5) is 4.39 Å². The fraction of sp³-hybridized carbons (Fsp3) is 0.412. The molecule has 27 heavy (non-hydrogen) atoms. The predicted octanol–water partition coefficient (Wildman–Crippen LogP) is 2.00. The molecule has 1 fully saturated rings. The van der Waals surface area contributed by atoms with Crippen molar-refractivity contribution < 1.29 is 19.0 Å². The molecule has 0 aliphatic carbocycles. The van der Waals surface area contributed by atoms with Crippen molar-refractivity contribution in [2.45, 2.75) is 25.8 Å². The van der Waals surface area contributed by atoms with Crippen LogP contribution >= 0.6 is 11.6 Å². The Kier molecular flexibility index (Phi) is 6.36. The zero-order valence-electron chi connectivity index (χ0n) is 14.5. The first-order chi connectivity index (χ1) is 13.1. The molecule has 0 unspecified atom stereocenters. The molecule has 1 aliphatic rings. The summed E-state index contributed by atoms with van der Waals surface area (Å²) < 4.78 is 18.1. The van der Waals surface area contributed by atoms with Gasteiger partial charge in [-0.1, -0.05) is 28.0 Å². The highest BCUT2D eigenvalue weighted by atomic mass is 35.5. The zero-order chi connectivity index (χ0) is 19.2. The van der Waals surface area contributed by atoms with Crippen molar-refractivity contribution in [3.05, 3.63) is 46.0 Å². The van der Waals surface area contributed by atoms with Crippen LogP contribution in [0.25, 0.3) is 0 Å². The number of hydrogen-bond donors (Lipinski definition) is 2. The lowest BCUT2D eigenvalue weighted by molar-refractivity contribution is -0.127. The summed E-state index contributed by atoms with van der Waals surface area (Å²) in [6, 6.07) is 4.25. The second-order valence-electron chi connectivity index (χ2n) is 6.19. The third-order valence-corrected chi connectivity index (χ3v) is 4.62. The third-order valence-electron chi connectivity index (χ3n) is 4.33. The summed E-state index contributed by atoms with van der Waals surface area (Å²) in [7, 11) is 0. The van der Waals surface area contributed by atoms with E-state index in [0.29, 0.717) is 43.0 Å². The maximum atomic E-state index is 13.3. The van der Waals surface area contributed by atoms with E-state index in [2.05, 4.69) is 20.8 Å². The summed E-state index contributed by atoms with van der Waals surface area (Å²) >= 11 is 5.78. The Morgan fingerprint density at radius 2 is 2.30 bits per heavy atom. The number of nitrogens with zero attached hydrogens (tertiary/aromatic N) is 4. The molecular weight excluding hydrogens is 377 g/mol. The first-order valence-corrected chi connectivity index (χ1v) is 8.91. The number of halogens is 2. The summed E-state index contributed by atoms with van der Waals surface area (Å²) in [4.78, 5) is 13.4. The Bertz CT molecular complexity index is 842. The molecule has 2 aromatic rings. The molecular formula is C17H19ClFN5O3. The highest BCUT2D eigenvalue weighted by Gasteiger charge is 2.20. The normalized spacial score (nSPS) is 15.0. The number of hydrogen-bond acceptors (Lipinski definition) is 7. The van der Waals surface area contributed by atoms with Gasteiger partial charge in [0, 0.05) is 39.0 Å². The Morgan fingerprint density at radius 3 is 3.00 bits per heavy atom. The van der Waals surface area contributed by atoms with E-state index in [1.54, 1.807) is 6.07 Å². The molecule has 1 amide bonds. The molecule has 1 aromatic heterocycles. The van der Waals surface area contributed by atoms with E-state index in [1.165, 1.54) is 12.1 Å². The minimum absolute atomic E-state index is 0.0126. The van der Waals surface area contributed by atoms with E-state index in [1.807, 2.05) is 4.90 Å². The molecule has 1 saturated heterocycles. The average Bonchev–Trinajstić information content (AvgIpc) is 3.28. The fourth-order valence-corrected chi connectivity index (χ4v) is 3.12. The molecule has 0 saturated carbocycles. The van der Waals surface area contributed by atoms with E-state index < -0.39 is 5.82 Å². The molecule has 3 rings (SSSR count). The number of oxime groups is 1. The number of carbonyl (C=O) groups is 1. The molecule has 0 spiro atoms. The molecule has 0 atom stereocenters. The second kappa shape index (κ2) is 8.92. The lowest BCUT2D eigenvalue weighted by atomic mass is 10.1. The van der Waals surface area contributed by atoms with Crippen molar-refractivity contribution in [1.82, 2.24) is 20.5 Å². The topological polar surface area (TPSA) is 104 Å². The van der Waals surface area contributed by atoms with Crippen LogP contribution < -0.4 is 5.32 Å². The highest BCUT2D eigenvalue weighted by molar-refractivity contribution is 6.30. The van der Waals surface area contributed by atoms with Gasteiger partial charge in [0.2, 0.25) is 5.91 Å². The molecule has 1 aliphatic heterocycles. The SMILES string of the molecule is O=C1CCCN1CCNCc1nonc1C(Cc1ccc(F)c(Cl)c1)=NO. The standard InChI is InChI=1S/C17H19ClFN5O3/c18-12-8-11(3-4-13(12)19)9-14(21-26)17-15(22-27-23-17)10-20-5-7-24-6-1-2-16(24)25/h3-4,8,20,26H,1-2,5-7,9-10H2. The molecule has 1 aromatic carbocycles. The summed E-state index contributed by atoms with van der Waals surface area (Å²) in [5.74, 6) is -0.347. The molecule has 144 valence electrons. The van der Waals surface area contributed by atoms with Crippen LogP contribution in [0.1, 0.15) is 29.8 Å². The van der Waals surface area contributed by atoms with Gasteiger partial charge in [-0.3, -0.25) is 4.79 Å². The van der Waals surface area contributed by atoms with E-state index >= 15 is 0 Å². The van der Waals surface area contributed by atoms with Gasteiger partial charge < -0.3 is 15.4 Å². The number of nitrogens with one attached hydrogen (secondary N) is 1.